The quantitative estimate of drug-likeness (QED) is 0.604. The molecule has 3 nitrogen and oxygen atoms in total. The van der Waals surface area contributed by atoms with Gasteiger partial charge < -0.3 is 0 Å². The molecule has 6 heteroatoms. The van der Waals surface area contributed by atoms with Crippen LogP contribution in [0.3, 0.4) is 0 Å². The fourth-order valence-electron chi connectivity index (χ4n) is 1.63. The maximum absolute atomic E-state index is 11.0. The van der Waals surface area contributed by atoms with Gasteiger partial charge in [-0.2, -0.15) is 11.8 Å². The van der Waals surface area contributed by atoms with E-state index >= 15 is 0 Å². The van der Waals surface area contributed by atoms with E-state index in [-0.39, 0.29) is 10.5 Å². The number of sulfone groups is 1. The van der Waals surface area contributed by atoms with Gasteiger partial charge >= 0.3 is 0 Å². The van der Waals surface area contributed by atoms with Gasteiger partial charge in [0.25, 0.3) is 0 Å². The van der Waals surface area contributed by atoms with Crippen LogP contribution in [0.1, 0.15) is 83.1 Å². The fourth-order valence-corrected chi connectivity index (χ4v) is 4.90. The van der Waals surface area contributed by atoms with Crippen molar-refractivity contribution in [3.05, 3.63) is 0 Å². The molecular weight excluding hydrogens is 360 g/mol. The molecule has 0 saturated carbocycles. The summed E-state index contributed by atoms with van der Waals surface area (Å²) in [4.78, 5) is 0. The van der Waals surface area contributed by atoms with Crippen LogP contribution in [0.25, 0.3) is 0 Å². The van der Waals surface area contributed by atoms with E-state index < -0.39 is 20.6 Å². The minimum Gasteiger partial charge on any atom is -0.259 e. The Balaban J connectivity index is -0.000000278. The molecule has 0 saturated heterocycles. The SMILES string of the molecule is CC(C)S(=O)(=O)C(C)C.CC(C)S(=O)C(C)C.CC(C)SC(C)C. The van der Waals surface area contributed by atoms with Crippen molar-refractivity contribution in [1.29, 1.82) is 0 Å². The largest absolute Gasteiger partial charge is 0.259 e. The van der Waals surface area contributed by atoms with E-state index in [4.69, 9.17) is 0 Å². The monoisotopic (exact) mass is 402 g/mol. The van der Waals surface area contributed by atoms with Gasteiger partial charge in [-0.1, -0.05) is 55.4 Å². The maximum Gasteiger partial charge on any atom is 0.154 e. The lowest BCUT2D eigenvalue weighted by Gasteiger charge is -2.09. The van der Waals surface area contributed by atoms with Gasteiger partial charge in [0.15, 0.2) is 9.84 Å². The van der Waals surface area contributed by atoms with Crippen molar-refractivity contribution in [3.63, 3.8) is 0 Å². The van der Waals surface area contributed by atoms with Crippen LogP contribution in [0, 0.1) is 0 Å². The molecule has 0 atom stereocenters. The summed E-state index contributed by atoms with van der Waals surface area (Å²) in [5.74, 6) is 0. The summed E-state index contributed by atoms with van der Waals surface area (Å²) in [6, 6.07) is 0. The molecule has 0 aliphatic rings. The molecule has 0 spiro atoms. The predicted octanol–water partition coefficient (Wildman–Crippen LogP) is 5.31. The van der Waals surface area contributed by atoms with Gasteiger partial charge in [0, 0.05) is 21.3 Å². The first-order chi connectivity index (χ1) is 10.6. The second-order valence-corrected chi connectivity index (χ2v) is 15.1. The number of rotatable bonds is 6. The normalized spacial score (nSPS) is 12.1. The van der Waals surface area contributed by atoms with Crippen molar-refractivity contribution in [3.8, 4) is 0 Å². The van der Waals surface area contributed by atoms with Crippen LogP contribution in [0.15, 0.2) is 0 Å². The Labute approximate surface area is 159 Å². The molecular formula is C18H42O3S3. The Morgan fingerprint density at radius 1 is 0.625 bits per heavy atom. The molecule has 24 heavy (non-hydrogen) atoms. The van der Waals surface area contributed by atoms with E-state index in [1.165, 1.54) is 0 Å². The minimum absolute atomic E-state index is 0.238. The molecule has 0 aromatic carbocycles. The Kier molecular flexibility index (Phi) is 17.8. The molecule has 0 fully saturated rings. The summed E-state index contributed by atoms with van der Waals surface area (Å²) < 4.78 is 33.0. The molecule has 0 aliphatic heterocycles. The standard InChI is InChI=1S/C6H14O2S.C6H14OS.C6H14S/c1-5(2)9(7,8)6(3)4;1-5(2)8(7)6(3)4;1-5(2)7-6(3)4/h5-6H,1-4H3;5-6H,1-4H3;5-6H,1-4H3. The number of thioether (sulfide) groups is 1. The number of hydrogen-bond acceptors (Lipinski definition) is 4. The Hall–Kier alpha value is 0.450. The predicted molar refractivity (Wildman–Crippen MR) is 115 cm³/mol. The van der Waals surface area contributed by atoms with Crippen molar-refractivity contribution in [2.24, 2.45) is 0 Å². The molecule has 0 aromatic heterocycles. The average Bonchev–Trinajstić information content (AvgIpc) is 2.36. The van der Waals surface area contributed by atoms with E-state index in [1.54, 1.807) is 27.7 Å². The van der Waals surface area contributed by atoms with Crippen molar-refractivity contribution in [2.75, 3.05) is 0 Å². The van der Waals surface area contributed by atoms with E-state index in [2.05, 4.69) is 27.7 Å². The third kappa shape index (κ3) is 17.3. The zero-order chi connectivity index (χ0) is 20.2. The van der Waals surface area contributed by atoms with E-state index in [0.29, 0.717) is 10.5 Å². The highest BCUT2D eigenvalue weighted by molar-refractivity contribution is 8.00. The molecule has 0 heterocycles. The Morgan fingerprint density at radius 2 is 0.875 bits per heavy atom. The Morgan fingerprint density at radius 3 is 0.875 bits per heavy atom. The molecule has 0 amide bonds. The van der Waals surface area contributed by atoms with Crippen molar-refractivity contribution >= 4 is 32.4 Å². The fraction of sp³-hybridized carbons (Fsp3) is 1.00. The molecule has 0 N–H and O–H groups in total. The van der Waals surface area contributed by atoms with Gasteiger partial charge in [0.05, 0.1) is 10.5 Å². The van der Waals surface area contributed by atoms with Gasteiger partial charge in [-0.15, -0.1) is 0 Å². The second-order valence-electron chi connectivity index (χ2n) is 7.35. The highest BCUT2D eigenvalue weighted by atomic mass is 32.2. The van der Waals surface area contributed by atoms with Crippen molar-refractivity contribution in [2.45, 2.75) is 115 Å². The van der Waals surface area contributed by atoms with Crippen molar-refractivity contribution < 1.29 is 12.6 Å². The van der Waals surface area contributed by atoms with Gasteiger partial charge in [-0.25, -0.2) is 8.42 Å². The average molecular weight is 403 g/mol. The second kappa shape index (κ2) is 14.6. The van der Waals surface area contributed by atoms with E-state index in [0.717, 1.165) is 10.5 Å². The Bertz CT molecular complexity index is 379. The van der Waals surface area contributed by atoms with E-state index in [9.17, 15) is 12.6 Å². The molecule has 0 bridgehead atoms. The topological polar surface area (TPSA) is 51.2 Å². The molecule has 0 unspecified atom stereocenters. The molecule has 0 rings (SSSR count). The first kappa shape index (κ1) is 29.2. The van der Waals surface area contributed by atoms with Gasteiger partial charge in [-0.3, -0.25) is 4.21 Å². The van der Waals surface area contributed by atoms with Crippen LogP contribution >= 0.6 is 11.8 Å². The highest BCUT2D eigenvalue weighted by Gasteiger charge is 2.19. The van der Waals surface area contributed by atoms with Crippen LogP contribution in [0.5, 0.6) is 0 Å². The van der Waals surface area contributed by atoms with Gasteiger partial charge in [0.1, 0.15) is 0 Å². The smallest absolute Gasteiger partial charge is 0.154 e. The van der Waals surface area contributed by atoms with Crippen LogP contribution < -0.4 is 0 Å². The first-order valence-corrected chi connectivity index (χ1v) is 12.7. The third-order valence-electron chi connectivity index (χ3n) is 2.79. The van der Waals surface area contributed by atoms with Crippen LogP contribution in [-0.4, -0.2) is 44.1 Å². The maximum atomic E-state index is 11.0. The number of hydrogen-bond donors (Lipinski definition) is 0. The van der Waals surface area contributed by atoms with E-state index in [1.807, 2.05) is 39.5 Å². The molecule has 0 radical (unpaired) electrons. The van der Waals surface area contributed by atoms with Crippen LogP contribution in [0.4, 0.5) is 0 Å². The first-order valence-electron chi connectivity index (χ1n) is 8.84. The lowest BCUT2D eigenvalue weighted by Crippen LogP contribution is -2.23. The molecule has 150 valence electrons. The summed E-state index contributed by atoms with van der Waals surface area (Å²) in [6.07, 6.45) is 0. The van der Waals surface area contributed by atoms with Crippen molar-refractivity contribution in [1.82, 2.24) is 0 Å². The zero-order valence-electron chi connectivity index (χ0n) is 17.9. The summed E-state index contributed by atoms with van der Waals surface area (Å²) in [6.45, 7) is 23.7. The van der Waals surface area contributed by atoms with Crippen LogP contribution in [0.2, 0.25) is 0 Å². The zero-order valence-corrected chi connectivity index (χ0v) is 20.4. The molecule has 0 aliphatic carbocycles. The molecule has 0 aromatic rings. The minimum atomic E-state index is -2.81. The summed E-state index contributed by atoms with van der Waals surface area (Å²) >= 11 is 2.01. The lowest BCUT2D eigenvalue weighted by atomic mass is 10.5. The summed E-state index contributed by atoms with van der Waals surface area (Å²) in [5, 5.41) is 1.74. The highest BCUT2D eigenvalue weighted by Crippen LogP contribution is 2.14. The lowest BCUT2D eigenvalue weighted by molar-refractivity contribution is 0.578. The summed E-state index contributed by atoms with van der Waals surface area (Å²) in [5.41, 5.74) is 0. The van der Waals surface area contributed by atoms with Gasteiger partial charge in [-0.05, 0) is 38.2 Å². The van der Waals surface area contributed by atoms with Crippen LogP contribution in [-0.2, 0) is 20.6 Å². The third-order valence-corrected chi connectivity index (χ3v) is 8.36. The van der Waals surface area contributed by atoms with Gasteiger partial charge in [0.2, 0.25) is 0 Å². The summed E-state index contributed by atoms with van der Waals surface area (Å²) in [7, 11) is -3.44.